The van der Waals surface area contributed by atoms with Gasteiger partial charge in [-0.15, -0.1) is 11.8 Å². The molecule has 2 aromatic carbocycles. The number of carbonyl (C=O) groups excluding carboxylic acids is 13. The number of nitrogens with one attached hydrogen (secondary N) is 11. The van der Waals surface area contributed by atoms with Crippen molar-refractivity contribution in [3.05, 3.63) is 59.7 Å². The van der Waals surface area contributed by atoms with Crippen LogP contribution in [0.2, 0.25) is 0 Å². The Balaban J connectivity index is 1.20. The zero-order chi connectivity index (χ0) is 66.8. The summed E-state index contributed by atoms with van der Waals surface area (Å²) in [5.74, 6) is -11.8. The normalized spacial score (nSPS) is 22.7. The molecule has 28 nitrogen and oxygen atoms in total. The minimum absolute atomic E-state index is 0.0693. The van der Waals surface area contributed by atoms with Crippen LogP contribution in [-0.4, -0.2) is 194 Å². The van der Waals surface area contributed by atoms with Crippen LogP contribution in [0.15, 0.2) is 53.6 Å². The highest BCUT2D eigenvalue weighted by molar-refractivity contribution is 7.99. The highest BCUT2D eigenvalue weighted by Crippen LogP contribution is 2.32. The largest absolute Gasteiger partial charge is 0.394 e. The number of likely N-dealkylation sites (tertiary alicyclic amines) is 1. The fourth-order valence-electron chi connectivity index (χ4n) is 10.7. The predicted octanol–water partition coefficient (Wildman–Crippen LogP) is -0.844. The minimum Gasteiger partial charge on any atom is -0.394 e. The van der Waals surface area contributed by atoms with E-state index in [0.29, 0.717) is 35.5 Å². The van der Waals surface area contributed by atoms with Gasteiger partial charge in [-0.25, -0.2) is 0 Å². The summed E-state index contributed by atoms with van der Waals surface area (Å²) in [4.78, 5) is 181. The summed E-state index contributed by atoms with van der Waals surface area (Å²) in [5.41, 5.74) is 2.54. The molecule has 13 amide bonds. The molecule has 6 rings (SSSR count). The third-order valence-corrected chi connectivity index (χ3v) is 18.1. The lowest BCUT2D eigenvalue weighted by Gasteiger charge is -2.34. The monoisotopic (exact) mass is 1300 g/mol. The number of rotatable bonds is 21. The van der Waals surface area contributed by atoms with E-state index in [-0.39, 0.29) is 44.6 Å². The van der Waals surface area contributed by atoms with E-state index in [2.05, 4.69) is 70.8 Å². The summed E-state index contributed by atoms with van der Waals surface area (Å²) in [6.07, 6.45) is -1.24. The van der Waals surface area contributed by atoms with Crippen LogP contribution in [0.5, 0.6) is 0 Å². The fourth-order valence-corrected chi connectivity index (χ4v) is 12.1. The van der Waals surface area contributed by atoms with Gasteiger partial charge in [-0.05, 0) is 80.2 Å². The molecule has 30 heteroatoms. The number of benzene rings is 2. The number of nitrogens with zero attached hydrogens (tertiary/aromatic N) is 2. The van der Waals surface area contributed by atoms with Crippen molar-refractivity contribution < 1.29 is 72.5 Å². The zero-order valence-electron chi connectivity index (χ0n) is 52.1. The number of carbonyl (C=O) groups is 13. The second-order valence-electron chi connectivity index (χ2n) is 23.6. The van der Waals surface area contributed by atoms with E-state index in [0.717, 1.165) is 21.4 Å². The van der Waals surface area contributed by atoms with E-state index >= 15 is 4.79 Å². The van der Waals surface area contributed by atoms with Crippen molar-refractivity contribution in [1.29, 1.82) is 0 Å². The number of H-pyrrole nitrogens is 1. The van der Waals surface area contributed by atoms with E-state index in [1.54, 1.807) is 52.0 Å². The Morgan fingerprint density at radius 3 is 2.10 bits per heavy atom. The number of thioether (sulfide) groups is 1. The number of anilines is 1. The van der Waals surface area contributed by atoms with E-state index in [1.807, 2.05) is 31.2 Å². The van der Waals surface area contributed by atoms with Gasteiger partial charge in [0.15, 0.2) is 0 Å². The highest BCUT2D eigenvalue weighted by atomic mass is 32.2. The Morgan fingerprint density at radius 2 is 1.44 bits per heavy atom. The molecular formula is C61H85N13O15S2. The fraction of sp³-hybridized carbons (Fsp3) is 0.557. The van der Waals surface area contributed by atoms with E-state index in [9.17, 15) is 67.7 Å². The molecule has 4 heterocycles. The Morgan fingerprint density at radius 1 is 0.769 bits per heavy atom. The lowest BCUT2D eigenvalue weighted by Crippen LogP contribution is -2.58. The molecule has 3 saturated heterocycles. The van der Waals surface area contributed by atoms with Gasteiger partial charge in [0.1, 0.15) is 30.2 Å². The number of aryl methyl sites for hydroxylation is 1. The number of aromatic nitrogens is 1. The molecule has 2 unspecified atom stereocenters. The van der Waals surface area contributed by atoms with Gasteiger partial charge in [-0.3, -0.25) is 67.2 Å². The highest BCUT2D eigenvalue weighted by Gasteiger charge is 2.41. The number of para-hydroxylation sites is 1. The Hall–Kier alpha value is -8.09. The summed E-state index contributed by atoms with van der Waals surface area (Å²) >= 11 is 5.29. The van der Waals surface area contributed by atoms with Gasteiger partial charge in [0, 0.05) is 66.8 Å². The molecule has 0 bridgehead atoms. The quantitative estimate of drug-likeness (QED) is 0.0351. The van der Waals surface area contributed by atoms with Gasteiger partial charge in [0.2, 0.25) is 76.8 Å². The molecule has 11 atom stereocenters. The van der Waals surface area contributed by atoms with Crippen LogP contribution in [0.4, 0.5) is 5.69 Å². The van der Waals surface area contributed by atoms with Crippen molar-refractivity contribution in [2.45, 2.75) is 153 Å². The Labute approximate surface area is 536 Å². The number of aliphatic hydroxyl groups excluding tert-OH is 2. The van der Waals surface area contributed by atoms with Crippen LogP contribution < -0.4 is 53.2 Å². The average Bonchev–Trinajstić information content (AvgIpc) is 1.89. The minimum atomic E-state index is -1.59. The summed E-state index contributed by atoms with van der Waals surface area (Å²) in [5, 5.41) is 47.8. The average molecular weight is 1300 g/mol. The van der Waals surface area contributed by atoms with E-state index in [1.165, 1.54) is 30.5 Å². The van der Waals surface area contributed by atoms with Crippen LogP contribution in [-0.2, 0) is 68.9 Å². The number of imide groups is 1. The maximum atomic E-state index is 15.1. The lowest BCUT2D eigenvalue weighted by molar-refractivity contribution is -0.141. The second kappa shape index (κ2) is 33.8. The van der Waals surface area contributed by atoms with Crippen LogP contribution in [0.3, 0.4) is 0 Å². The molecule has 496 valence electrons. The first kappa shape index (κ1) is 72.0. The van der Waals surface area contributed by atoms with Crippen molar-refractivity contribution in [2.24, 2.45) is 23.7 Å². The number of amides is 13. The van der Waals surface area contributed by atoms with Crippen LogP contribution >= 0.6 is 24.4 Å². The molecule has 0 saturated carbocycles. The van der Waals surface area contributed by atoms with Crippen LogP contribution in [0, 0.1) is 30.6 Å². The van der Waals surface area contributed by atoms with Gasteiger partial charge in [0.25, 0.3) is 0 Å². The van der Waals surface area contributed by atoms with Crippen molar-refractivity contribution >= 4 is 118 Å². The van der Waals surface area contributed by atoms with Crippen molar-refractivity contribution in [1.82, 2.24) is 62.6 Å². The third-order valence-electron chi connectivity index (χ3n) is 16.5. The maximum absolute atomic E-state index is 15.1. The Bertz CT molecular complexity index is 3180. The molecule has 91 heavy (non-hydrogen) atoms. The number of fused-ring (bicyclic) bond motifs is 2. The van der Waals surface area contributed by atoms with Crippen LogP contribution in [0.1, 0.15) is 97.6 Å². The molecule has 0 spiro atoms. The zero-order valence-corrected chi connectivity index (χ0v) is 53.8. The summed E-state index contributed by atoms with van der Waals surface area (Å²) in [6, 6.07) is 6.81. The van der Waals surface area contributed by atoms with E-state index < -0.39 is 181 Å². The Kier molecular flexibility index (Phi) is 26.8. The molecule has 3 aliphatic heterocycles. The topological polar surface area (TPSA) is 405 Å². The first-order valence-electron chi connectivity index (χ1n) is 30.5. The van der Waals surface area contributed by atoms with Crippen molar-refractivity contribution in [2.75, 3.05) is 50.4 Å². The van der Waals surface area contributed by atoms with Crippen molar-refractivity contribution in [3.63, 3.8) is 0 Å². The predicted molar refractivity (Wildman–Crippen MR) is 338 cm³/mol. The number of hydrogen-bond acceptors (Lipinski definition) is 17. The summed E-state index contributed by atoms with van der Waals surface area (Å²) in [7, 11) is 0. The van der Waals surface area contributed by atoms with Gasteiger partial charge >= 0.3 is 0 Å². The standard InChI is InChI=1S/C61H85N13O15S2/c1-8-32(4)53-57(86)65-28-49(80)68-43(30-91-59-34(6)39-13-9-10-14-41(39)70-59)56(85)69-42(60(88)73-20-11-12-38(73)22-40(33(5)44(76)29-75)55(84)64-26-48(79)63-27-50(81)72-53)23-47(78)62-25-36-15-17-37(18-16-36)67-54(83)35(7)66-58(87)52(31(2)3)71-46(77)19-21-74-51(82)24-45(90)61(74)89/h9-10,13-18,31-33,35,38,40,42-45,52-53,70,75-76,90H,8,11-12,19-30H2,1-7H3,(H,62,78)(H,63,79)(H,64,84)(H,65,86)(H,66,87)(H,67,83)(H,68,80)(H,69,85)(H,71,77)(H,72,81)/t32-,33+,35-,38?,40-,42-,43-,44-,45?,52-,53-/m0/s1. The molecule has 13 N–H and O–H groups in total. The van der Waals surface area contributed by atoms with E-state index in [4.69, 9.17) is 0 Å². The second-order valence-corrected chi connectivity index (χ2v) is 25.2. The molecule has 3 aromatic rings. The van der Waals surface area contributed by atoms with Gasteiger partial charge in [-0.2, -0.15) is 12.6 Å². The lowest BCUT2D eigenvalue weighted by atomic mass is 9.83. The molecule has 0 radical (unpaired) electrons. The number of hydrogen-bond donors (Lipinski definition) is 14. The van der Waals surface area contributed by atoms with Gasteiger partial charge in [0.05, 0.1) is 49.0 Å². The number of aliphatic hydroxyl groups is 2. The SMILES string of the molecule is CC[C@H](C)[C@@H]1NC(=O)CNC(=O)CNC(=O)[C@H]([C@@H](C)[C@@H](O)CO)CC2CCCN2C(=O)[C@H](CC(=O)NCc2ccc(NC(=O)[C@H](C)NC(=O)[C@@H](NC(=O)CCN3C(=O)CC(S)C3=O)C(C)C)cc2)NC(=O)[C@H](CSc2[nH]c3ccccc3c2C)NC(=O)CNC1=O. The van der Waals surface area contributed by atoms with Crippen molar-refractivity contribution in [3.8, 4) is 0 Å². The molecule has 0 aliphatic carbocycles. The number of thiol groups is 1. The summed E-state index contributed by atoms with van der Waals surface area (Å²) < 4.78 is 0. The maximum Gasteiger partial charge on any atom is 0.246 e. The first-order valence-corrected chi connectivity index (χ1v) is 32.0. The van der Waals surface area contributed by atoms with Gasteiger partial charge in [-0.1, -0.05) is 71.4 Å². The van der Waals surface area contributed by atoms with Crippen LogP contribution in [0.25, 0.3) is 10.9 Å². The molecule has 3 aliphatic rings. The van der Waals surface area contributed by atoms with Gasteiger partial charge < -0.3 is 73.3 Å². The molecule has 1 aromatic heterocycles. The summed E-state index contributed by atoms with van der Waals surface area (Å²) in [6.45, 7) is 9.03. The smallest absolute Gasteiger partial charge is 0.246 e. The first-order chi connectivity index (χ1) is 43.2. The molecular weight excluding hydrogens is 1220 g/mol. The third kappa shape index (κ3) is 20.2. The molecule has 3 fully saturated rings. The number of aromatic amines is 1.